The average molecular weight is 320 g/mol. The molecule has 1 aromatic heterocycles. The van der Waals surface area contributed by atoms with E-state index in [0.29, 0.717) is 11.1 Å². The van der Waals surface area contributed by atoms with E-state index >= 15 is 0 Å². The Morgan fingerprint density at radius 1 is 1.00 bits per heavy atom. The summed E-state index contributed by atoms with van der Waals surface area (Å²) in [6.07, 6.45) is -4.56. The van der Waals surface area contributed by atoms with Gasteiger partial charge in [-0.2, -0.15) is 13.2 Å². The third-order valence-corrected chi connectivity index (χ3v) is 3.47. The largest absolute Gasteiger partial charge is 0.497 e. The number of rotatable bonds is 2. The number of methoxy groups -OCH3 is 1. The summed E-state index contributed by atoms with van der Waals surface area (Å²) in [5.74, 6) is 0.490. The molecule has 0 saturated carbocycles. The lowest BCUT2D eigenvalue weighted by molar-refractivity contribution is -0.137. The maximum Gasteiger partial charge on any atom is 0.417 e. The van der Waals surface area contributed by atoms with E-state index < -0.39 is 17.4 Å². The SMILES string of the molecule is COc1ccc2cc(-c3ccccc3C(F)(F)F)c(=O)oc2c1. The molecule has 0 atom stereocenters. The molecular weight excluding hydrogens is 309 g/mol. The molecule has 1 heterocycles. The summed E-state index contributed by atoms with van der Waals surface area (Å²) in [5, 5.41) is 0.511. The molecular formula is C17H11F3O3. The zero-order chi connectivity index (χ0) is 16.6. The van der Waals surface area contributed by atoms with Gasteiger partial charge in [-0.1, -0.05) is 18.2 Å². The van der Waals surface area contributed by atoms with Crippen molar-refractivity contribution in [3.8, 4) is 16.9 Å². The van der Waals surface area contributed by atoms with Crippen LogP contribution in [0.25, 0.3) is 22.1 Å². The van der Waals surface area contributed by atoms with Crippen LogP contribution in [-0.2, 0) is 6.18 Å². The Hall–Kier alpha value is -2.76. The van der Waals surface area contributed by atoms with Crippen LogP contribution in [0.4, 0.5) is 13.2 Å². The van der Waals surface area contributed by atoms with Gasteiger partial charge in [0.1, 0.15) is 11.3 Å². The third kappa shape index (κ3) is 2.79. The van der Waals surface area contributed by atoms with Crippen LogP contribution < -0.4 is 10.4 Å². The second kappa shape index (κ2) is 5.46. The van der Waals surface area contributed by atoms with Gasteiger partial charge in [-0.05, 0) is 24.3 Å². The van der Waals surface area contributed by atoms with E-state index in [1.54, 1.807) is 12.1 Å². The summed E-state index contributed by atoms with van der Waals surface area (Å²) in [4.78, 5) is 12.1. The van der Waals surface area contributed by atoms with E-state index in [-0.39, 0.29) is 16.7 Å². The first-order valence-electron chi connectivity index (χ1n) is 6.68. The zero-order valence-electron chi connectivity index (χ0n) is 12.0. The Balaban J connectivity index is 2.26. The number of hydrogen-bond acceptors (Lipinski definition) is 3. The predicted molar refractivity (Wildman–Crippen MR) is 79.5 cm³/mol. The Bertz CT molecular complexity index is 926. The van der Waals surface area contributed by atoms with E-state index in [9.17, 15) is 18.0 Å². The molecule has 0 aliphatic heterocycles. The second-order valence-corrected chi connectivity index (χ2v) is 4.89. The number of fused-ring (bicyclic) bond motifs is 1. The van der Waals surface area contributed by atoms with E-state index in [1.807, 2.05) is 0 Å². The molecule has 0 spiro atoms. The first-order chi connectivity index (χ1) is 10.9. The molecule has 0 radical (unpaired) electrons. The highest BCUT2D eigenvalue weighted by Crippen LogP contribution is 2.36. The minimum absolute atomic E-state index is 0.129. The van der Waals surface area contributed by atoms with Gasteiger partial charge in [-0.3, -0.25) is 0 Å². The lowest BCUT2D eigenvalue weighted by atomic mass is 10.00. The zero-order valence-corrected chi connectivity index (χ0v) is 12.0. The van der Waals surface area contributed by atoms with Gasteiger partial charge in [0.15, 0.2) is 0 Å². The van der Waals surface area contributed by atoms with Crippen LogP contribution in [0.2, 0.25) is 0 Å². The first-order valence-corrected chi connectivity index (χ1v) is 6.68. The highest BCUT2D eigenvalue weighted by molar-refractivity contribution is 5.83. The van der Waals surface area contributed by atoms with Crippen LogP contribution in [0, 0.1) is 0 Å². The molecule has 0 N–H and O–H groups in total. The molecule has 0 fully saturated rings. The van der Waals surface area contributed by atoms with Crippen LogP contribution >= 0.6 is 0 Å². The topological polar surface area (TPSA) is 39.4 Å². The summed E-state index contributed by atoms with van der Waals surface area (Å²) >= 11 is 0. The minimum atomic E-state index is -4.56. The molecule has 0 amide bonds. The van der Waals surface area contributed by atoms with Gasteiger partial charge in [-0.15, -0.1) is 0 Å². The summed E-state index contributed by atoms with van der Waals surface area (Å²) in [6.45, 7) is 0. The molecule has 0 unspecified atom stereocenters. The molecule has 118 valence electrons. The van der Waals surface area contributed by atoms with Crippen molar-refractivity contribution in [3.63, 3.8) is 0 Å². The van der Waals surface area contributed by atoms with Gasteiger partial charge in [0, 0.05) is 17.0 Å². The van der Waals surface area contributed by atoms with Crippen LogP contribution in [0.3, 0.4) is 0 Å². The third-order valence-electron chi connectivity index (χ3n) is 3.47. The monoisotopic (exact) mass is 320 g/mol. The highest BCUT2D eigenvalue weighted by atomic mass is 19.4. The Kier molecular flexibility index (Phi) is 3.60. The standard InChI is InChI=1S/C17H11F3O3/c1-22-11-7-6-10-8-13(16(21)23-15(10)9-11)12-4-2-3-5-14(12)17(18,19)20/h2-9H,1H3. The average Bonchev–Trinajstić information content (AvgIpc) is 2.53. The van der Waals surface area contributed by atoms with E-state index in [1.165, 1.54) is 37.4 Å². The highest BCUT2D eigenvalue weighted by Gasteiger charge is 2.34. The molecule has 3 nitrogen and oxygen atoms in total. The van der Waals surface area contributed by atoms with Crippen molar-refractivity contribution in [1.29, 1.82) is 0 Å². The van der Waals surface area contributed by atoms with Gasteiger partial charge in [0.25, 0.3) is 0 Å². The van der Waals surface area contributed by atoms with Crippen LogP contribution in [0.15, 0.2) is 57.7 Å². The van der Waals surface area contributed by atoms with Crippen molar-refractivity contribution < 1.29 is 22.3 Å². The fourth-order valence-electron chi connectivity index (χ4n) is 2.37. The van der Waals surface area contributed by atoms with Gasteiger partial charge >= 0.3 is 11.8 Å². The molecule has 3 aromatic rings. The summed E-state index contributed by atoms with van der Waals surface area (Å²) in [7, 11) is 1.47. The number of hydrogen-bond donors (Lipinski definition) is 0. The number of ether oxygens (including phenoxy) is 1. The van der Waals surface area contributed by atoms with E-state index in [2.05, 4.69) is 0 Å². The Labute approximate surface area is 128 Å². The van der Waals surface area contributed by atoms with Crippen LogP contribution in [0.1, 0.15) is 5.56 Å². The number of halogens is 3. The fourth-order valence-corrected chi connectivity index (χ4v) is 2.37. The van der Waals surface area contributed by atoms with Gasteiger partial charge in [0.2, 0.25) is 0 Å². The molecule has 0 aliphatic carbocycles. The van der Waals surface area contributed by atoms with Crippen molar-refractivity contribution >= 4 is 11.0 Å². The maximum absolute atomic E-state index is 13.1. The fraction of sp³-hybridized carbons (Fsp3) is 0.118. The van der Waals surface area contributed by atoms with Crippen molar-refractivity contribution in [2.24, 2.45) is 0 Å². The van der Waals surface area contributed by atoms with Gasteiger partial charge in [-0.25, -0.2) is 4.79 Å². The molecule has 0 bridgehead atoms. The van der Waals surface area contributed by atoms with Crippen molar-refractivity contribution in [1.82, 2.24) is 0 Å². The summed E-state index contributed by atoms with van der Waals surface area (Å²) in [6, 6.07) is 11.1. The Morgan fingerprint density at radius 2 is 1.74 bits per heavy atom. The molecule has 2 aromatic carbocycles. The predicted octanol–water partition coefficient (Wildman–Crippen LogP) is 4.49. The van der Waals surface area contributed by atoms with Gasteiger partial charge in [0.05, 0.1) is 18.2 Å². The lowest BCUT2D eigenvalue weighted by Gasteiger charge is -2.12. The quantitative estimate of drug-likeness (QED) is 0.653. The molecule has 0 saturated heterocycles. The molecule has 3 rings (SSSR count). The number of alkyl halides is 3. The summed E-state index contributed by atoms with van der Waals surface area (Å²) < 4.78 is 49.6. The first kappa shape index (κ1) is 15.1. The number of benzene rings is 2. The summed E-state index contributed by atoms with van der Waals surface area (Å²) in [5.41, 5.74) is -1.78. The van der Waals surface area contributed by atoms with Crippen LogP contribution in [0.5, 0.6) is 5.75 Å². The Morgan fingerprint density at radius 3 is 2.43 bits per heavy atom. The molecule has 23 heavy (non-hydrogen) atoms. The minimum Gasteiger partial charge on any atom is -0.497 e. The van der Waals surface area contributed by atoms with Crippen molar-refractivity contribution in [2.45, 2.75) is 6.18 Å². The van der Waals surface area contributed by atoms with Gasteiger partial charge < -0.3 is 9.15 Å². The maximum atomic E-state index is 13.1. The smallest absolute Gasteiger partial charge is 0.417 e. The van der Waals surface area contributed by atoms with E-state index in [4.69, 9.17) is 9.15 Å². The second-order valence-electron chi connectivity index (χ2n) is 4.89. The lowest BCUT2D eigenvalue weighted by Crippen LogP contribution is -2.11. The van der Waals surface area contributed by atoms with Crippen LogP contribution in [-0.4, -0.2) is 7.11 Å². The van der Waals surface area contributed by atoms with E-state index in [0.717, 1.165) is 6.07 Å². The normalized spacial score (nSPS) is 11.7. The molecule has 6 heteroatoms. The molecule has 0 aliphatic rings. The van der Waals surface area contributed by atoms with Crippen molar-refractivity contribution in [3.05, 3.63) is 64.5 Å². The van der Waals surface area contributed by atoms with Crippen molar-refractivity contribution in [2.75, 3.05) is 7.11 Å².